The molecule has 0 aromatic carbocycles. The van der Waals surface area contributed by atoms with Crippen molar-refractivity contribution < 1.29 is 32.9 Å². The molecule has 0 spiro atoms. The molecule has 0 saturated heterocycles. The van der Waals surface area contributed by atoms with E-state index in [9.17, 15) is 19.4 Å². The minimum atomic E-state index is -4.58. The van der Waals surface area contributed by atoms with E-state index in [1.165, 1.54) is 417 Å². The maximum atomic E-state index is 13.1. The van der Waals surface area contributed by atoms with E-state index in [1.54, 1.807) is 0 Å². The topological polar surface area (TPSA) is 108 Å². The highest BCUT2D eigenvalue weighted by Gasteiger charge is 2.24. The van der Waals surface area contributed by atoms with Crippen molar-refractivity contribution in [3.05, 3.63) is 0 Å². The highest BCUT2D eigenvalue weighted by molar-refractivity contribution is 7.45. The number of hydrogen-bond acceptors (Lipinski definition) is 6. The van der Waals surface area contributed by atoms with Gasteiger partial charge in [-0.25, -0.2) is 0 Å². The molecule has 93 heavy (non-hydrogen) atoms. The summed E-state index contributed by atoms with van der Waals surface area (Å²) in [5.41, 5.74) is 0. The number of unbranched alkanes of at least 4 members (excludes halogenated alkanes) is 69. The molecule has 8 nitrogen and oxygen atoms in total. The third-order valence-electron chi connectivity index (χ3n) is 20.6. The number of aliphatic hydroxyl groups excluding tert-OH is 1. The van der Waals surface area contributed by atoms with Gasteiger partial charge in [-0.2, -0.15) is 0 Å². The van der Waals surface area contributed by atoms with Crippen LogP contribution in [0.4, 0.5) is 0 Å². The second-order valence-electron chi connectivity index (χ2n) is 31.3. The van der Waals surface area contributed by atoms with Crippen LogP contribution < -0.4 is 10.2 Å². The lowest BCUT2D eigenvalue weighted by Crippen LogP contribution is -2.46. The van der Waals surface area contributed by atoms with Gasteiger partial charge in [-0.05, 0) is 12.8 Å². The Morgan fingerprint density at radius 3 is 0.731 bits per heavy atom. The second-order valence-corrected chi connectivity index (χ2v) is 32.7. The van der Waals surface area contributed by atoms with E-state index in [-0.39, 0.29) is 19.1 Å². The first kappa shape index (κ1) is 92.5. The van der Waals surface area contributed by atoms with Gasteiger partial charge in [0.05, 0.1) is 39.9 Å². The summed E-state index contributed by atoms with van der Waals surface area (Å²) >= 11 is 0. The van der Waals surface area contributed by atoms with Crippen molar-refractivity contribution >= 4 is 13.7 Å². The predicted octanol–water partition coefficient (Wildman–Crippen LogP) is 27.6. The molecule has 0 aliphatic carbocycles. The van der Waals surface area contributed by atoms with Gasteiger partial charge in [0.1, 0.15) is 13.2 Å². The van der Waals surface area contributed by atoms with Gasteiger partial charge >= 0.3 is 0 Å². The molecule has 0 radical (unpaired) electrons. The molecule has 3 atom stereocenters. The molecule has 0 aliphatic heterocycles. The first-order chi connectivity index (χ1) is 45.5. The van der Waals surface area contributed by atoms with Crippen molar-refractivity contribution in [1.82, 2.24) is 5.32 Å². The van der Waals surface area contributed by atoms with Crippen molar-refractivity contribution in [2.45, 2.75) is 495 Å². The van der Waals surface area contributed by atoms with Crippen LogP contribution in [0.25, 0.3) is 0 Å². The average molecular weight is 1340 g/mol. The van der Waals surface area contributed by atoms with Crippen molar-refractivity contribution in [2.75, 3.05) is 40.9 Å². The number of aliphatic hydroxyl groups is 1. The van der Waals surface area contributed by atoms with Crippen molar-refractivity contribution in [3.8, 4) is 0 Å². The van der Waals surface area contributed by atoms with Crippen LogP contribution in [-0.4, -0.2) is 68.5 Å². The molecular formula is C84H171N2O6P. The van der Waals surface area contributed by atoms with Crippen molar-refractivity contribution in [2.24, 2.45) is 0 Å². The molecule has 0 bridgehead atoms. The van der Waals surface area contributed by atoms with Gasteiger partial charge in [-0.15, -0.1) is 0 Å². The normalized spacial score (nSPS) is 13.3. The zero-order valence-corrected chi connectivity index (χ0v) is 65.2. The van der Waals surface area contributed by atoms with Crippen molar-refractivity contribution in [3.63, 3.8) is 0 Å². The number of rotatable bonds is 82. The summed E-state index contributed by atoms with van der Waals surface area (Å²) in [6.07, 6.45) is 98.4. The number of amides is 1. The van der Waals surface area contributed by atoms with E-state index in [4.69, 9.17) is 9.05 Å². The number of nitrogens with one attached hydrogen (secondary N) is 1. The number of carbonyl (C=O) groups is 1. The van der Waals surface area contributed by atoms with E-state index < -0.39 is 20.0 Å². The molecule has 9 heteroatoms. The van der Waals surface area contributed by atoms with Gasteiger partial charge in [0.15, 0.2) is 0 Å². The van der Waals surface area contributed by atoms with E-state index in [2.05, 4.69) is 19.2 Å². The van der Waals surface area contributed by atoms with E-state index in [1.807, 2.05) is 21.1 Å². The number of quaternary nitrogens is 1. The third-order valence-corrected chi connectivity index (χ3v) is 21.6. The van der Waals surface area contributed by atoms with Crippen LogP contribution >= 0.6 is 7.82 Å². The summed E-state index contributed by atoms with van der Waals surface area (Å²) in [5.74, 6) is -0.151. The number of phosphoric acid groups is 1. The van der Waals surface area contributed by atoms with Crippen LogP contribution in [0, 0.1) is 0 Å². The van der Waals surface area contributed by atoms with Gasteiger partial charge in [0, 0.05) is 6.42 Å². The number of carbonyl (C=O) groups excluding carboxylic acids is 1. The number of nitrogens with zero attached hydrogens (tertiary/aromatic N) is 1. The van der Waals surface area contributed by atoms with Gasteiger partial charge in [0.2, 0.25) is 5.91 Å². The fraction of sp³-hybridized carbons (Fsp3) is 0.988. The van der Waals surface area contributed by atoms with Gasteiger partial charge in [0.25, 0.3) is 7.82 Å². The first-order valence-electron chi connectivity index (χ1n) is 42.9. The Balaban J connectivity index is 3.83. The summed E-state index contributed by atoms with van der Waals surface area (Å²) in [7, 11) is 1.34. The second kappa shape index (κ2) is 75.7. The summed E-state index contributed by atoms with van der Waals surface area (Å²) in [4.78, 5) is 25.8. The van der Waals surface area contributed by atoms with Crippen LogP contribution in [-0.2, 0) is 18.4 Å². The molecule has 558 valence electrons. The van der Waals surface area contributed by atoms with Crippen LogP contribution in [0.3, 0.4) is 0 Å². The maximum absolute atomic E-state index is 13.1. The zero-order chi connectivity index (χ0) is 67.6. The van der Waals surface area contributed by atoms with E-state index in [0.717, 1.165) is 38.5 Å². The Hall–Kier alpha value is -0.500. The molecule has 0 saturated carbocycles. The molecule has 0 fully saturated rings. The number of phosphoric ester groups is 1. The quantitative estimate of drug-likeness (QED) is 0.0357. The molecule has 0 rings (SSSR count). The van der Waals surface area contributed by atoms with Crippen LogP contribution in [0.15, 0.2) is 0 Å². The van der Waals surface area contributed by atoms with Crippen LogP contribution in [0.1, 0.15) is 483 Å². The Morgan fingerprint density at radius 1 is 0.333 bits per heavy atom. The van der Waals surface area contributed by atoms with Crippen molar-refractivity contribution in [1.29, 1.82) is 0 Å². The summed E-state index contributed by atoms with van der Waals surface area (Å²) in [6, 6.07) is -0.798. The fourth-order valence-corrected chi connectivity index (χ4v) is 14.7. The van der Waals surface area contributed by atoms with E-state index >= 15 is 0 Å². The average Bonchev–Trinajstić information content (AvgIpc) is 2.75. The van der Waals surface area contributed by atoms with Gasteiger partial charge in [-0.1, -0.05) is 463 Å². The molecule has 1 amide bonds. The van der Waals surface area contributed by atoms with E-state index in [0.29, 0.717) is 23.9 Å². The Morgan fingerprint density at radius 2 is 0.527 bits per heavy atom. The Labute approximate surface area is 584 Å². The molecular weight excluding hydrogens is 1160 g/mol. The maximum Gasteiger partial charge on any atom is 0.268 e. The minimum absolute atomic E-state index is 0.0172. The number of likely N-dealkylation sites (N-methyl/N-ethyl adjacent to an activating group) is 1. The third kappa shape index (κ3) is 78.7. The fourth-order valence-electron chi connectivity index (χ4n) is 14.0. The van der Waals surface area contributed by atoms with Crippen LogP contribution in [0.5, 0.6) is 0 Å². The highest BCUT2D eigenvalue weighted by Crippen LogP contribution is 2.38. The highest BCUT2D eigenvalue weighted by atomic mass is 31.2. The van der Waals surface area contributed by atoms with Gasteiger partial charge in [-0.3, -0.25) is 9.36 Å². The standard InChI is InChI=1S/C84H171N2O6P/c1-6-8-10-12-14-16-18-20-22-24-26-28-30-32-34-36-38-39-40-41-42-43-44-45-46-47-48-50-52-54-56-58-60-62-64-66-68-70-72-74-76-78-84(88)85-82(81-92-93(89,90)91-80-79-86(3,4)5)83(87)77-75-73-71-69-67-65-63-61-59-57-55-53-51-49-37-35-33-31-29-27-25-23-21-19-17-15-13-11-9-7-2/h82-83,87H,6-81H2,1-5H3,(H-,85,88,89,90). The predicted molar refractivity (Wildman–Crippen MR) is 409 cm³/mol. The molecule has 0 aromatic heterocycles. The molecule has 0 heterocycles. The number of hydrogen-bond donors (Lipinski definition) is 2. The lowest BCUT2D eigenvalue weighted by Gasteiger charge is -2.30. The lowest BCUT2D eigenvalue weighted by molar-refractivity contribution is -0.870. The lowest BCUT2D eigenvalue weighted by atomic mass is 10.0. The molecule has 0 aliphatic rings. The summed E-state index contributed by atoms with van der Waals surface area (Å²) in [6.45, 7) is 4.82. The molecule has 3 unspecified atom stereocenters. The minimum Gasteiger partial charge on any atom is -0.756 e. The Bertz CT molecular complexity index is 1480. The largest absolute Gasteiger partial charge is 0.756 e. The smallest absolute Gasteiger partial charge is 0.268 e. The monoisotopic (exact) mass is 1340 g/mol. The summed E-state index contributed by atoms with van der Waals surface area (Å²) < 4.78 is 23.6. The van der Waals surface area contributed by atoms with Crippen LogP contribution in [0.2, 0.25) is 0 Å². The molecule has 2 N–H and O–H groups in total. The summed E-state index contributed by atoms with van der Waals surface area (Å²) in [5, 5.41) is 14.2. The Kier molecular flexibility index (Phi) is 75.3. The molecule has 0 aromatic rings. The first-order valence-corrected chi connectivity index (χ1v) is 44.3. The van der Waals surface area contributed by atoms with Gasteiger partial charge < -0.3 is 28.8 Å². The zero-order valence-electron chi connectivity index (χ0n) is 64.3. The SMILES string of the molecule is CCCCCCCCCCCCCCCCCCCCCCCCCCCCCCCCCCCCCCCCCCCC(=O)NC(COP(=O)([O-])OCC[N+](C)(C)C)C(O)CCCCCCCCCCCCCCCCCCCCCCCCCCCCCCCC.